The first-order valence-corrected chi connectivity index (χ1v) is 8.06. The van der Waals surface area contributed by atoms with Gasteiger partial charge in [-0.3, -0.25) is 0 Å². The van der Waals surface area contributed by atoms with E-state index in [0.29, 0.717) is 12.0 Å². The fraction of sp³-hybridized carbons (Fsp3) is 0.667. The van der Waals surface area contributed by atoms with E-state index >= 15 is 0 Å². The molecule has 1 aromatic rings. The summed E-state index contributed by atoms with van der Waals surface area (Å²) in [5.41, 5.74) is 1.27. The third-order valence-electron chi connectivity index (χ3n) is 3.29. The molecule has 1 N–H and O–H groups in total. The molecule has 0 spiro atoms. The normalized spacial score (nSPS) is 12.9. The van der Waals surface area contributed by atoms with E-state index < -0.39 is 0 Å². The van der Waals surface area contributed by atoms with Gasteiger partial charge < -0.3 is 14.8 Å². The molecular formula is C18H31NO2. The molecule has 0 aliphatic rings. The maximum atomic E-state index is 5.65. The van der Waals surface area contributed by atoms with Gasteiger partial charge in [0.2, 0.25) is 0 Å². The summed E-state index contributed by atoms with van der Waals surface area (Å²) in [6, 6.07) is 8.63. The lowest BCUT2D eigenvalue weighted by Crippen LogP contribution is -2.23. The van der Waals surface area contributed by atoms with Gasteiger partial charge in [0, 0.05) is 19.2 Å². The average molecular weight is 293 g/mol. The molecule has 0 radical (unpaired) electrons. The number of ether oxygens (including phenoxy) is 2. The quantitative estimate of drug-likeness (QED) is 0.656. The Morgan fingerprint density at radius 2 is 1.62 bits per heavy atom. The molecule has 3 nitrogen and oxygen atoms in total. The zero-order valence-corrected chi connectivity index (χ0v) is 14.2. The van der Waals surface area contributed by atoms with E-state index in [9.17, 15) is 0 Å². The topological polar surface area (TPSA) is 30.5 Å². The van der Waals surface area contributed by atoms with Crippen molar-refractivity contribution in [1.82, 2.24) is 5.32 Å². The summed E-state index contributed by atoms with van der Waals surface area (Å²) >= 11 is 0. The molecule has 1 aromatic carbocycles. The van der Waals surface area contributed by atoms with E-state index in [1.165, 1.54) is 5.56 Å². The molecule has 0 fully saturated rings. The van der Waals surface area contributed by atoms with E-state index in [-0.39, 0.29) is 6.10 Å². The molecule has 1 unspecified atom stereocenters. The van der Waals surface area contributed by atoms with E-state index in [4.69, 9.17) is 9.47 Å². The molecule has 0 saturated carbocycles. The Morgan fingerprint density at radius 1 is 0.952 bits per heavy atom. The summed E-state index contributed by atoms with van der Waals surface area (Å²) in [6.07, 6.45) is 1.35. The molecule has 3 heteroatoms. The van der Waals surface area contributed by atoms with Crippen molar-refractivity contribution >= 4 is 0 Å². The molecule has 0 aliphatic carbocycles. The van der Waals surface area contributed by atoms with Gasteiger partial charge in [0.05, 0.1) is 12.7 Å². The first-order chi connectivity index (χ1) is 9.99. The molecule has 0 aromatic heterocycles. The Balaban J connectivity index is 2.24. The Hall–Kier alpha value is -1.06. The van der Waals surface area contributed by atoms with Gasteiger partial charge in [0.1, 0.15) is 5.75 Å². The van der Waals surface area contributed by atoms with Crippen molar-refractivity contribution in [3.63, 3.8) is 0 Å². The number of rotatable bonds is 10. The number of benzene rings is 1. The van der Waals surface area contributed by atoms with Gasteiger partial charge in [-0.05, 0) is 50.8 Å². The van der Waals surface area contributed by atoms with Gasteiger partial charge in [-0.1, -0.05) is 26.0 Å². The molecule has 0 bridgehead atoms. The van der Waals surface area contributed by atoms with Crippen LogP contribution in [0.1, 0.15) is 52.6 Å². The third-order valence-corrected chi connectivity index (χ3v) is 3.29. The van der Waals surface area contributed by atoms with E-state index in [1.54, 1.807) is 0 Å². The van der Waals surface area contributed by atoms with Gasteiger partial charge in [-0.25, -0.2) is 0 Å². The highest BCUT2D eigenvalue weighted by Gasteiger charge is 2.05. The van der Waals surface area contributed by atoms with Crippen LogP contribution in [0.5, 0.6) is 5.75 Å². The zero-order chi connectivity index (χ0) is 15.7. The van der Waals surface area contributed by atoms with Crippen LogP contribution in [0, 0.1) is 5.92 Å². The molecule has 120 valence electrons. The summed E-state index contributed by atoms with van der Waals surface area (Å²) in [5, 5.41) is 3.48. The van der Waals surface area contributed by atoms with Crippen molar-refractivity contribution in [1.29, 1.82) is 0 Å². The van der Waals surface area contributed by atoms with Crippen molar-refractivity contribution < 1.29 is 9.47 Å². The van der Waals surface area contributed by atoms with Gasteiger partial charge in [0.15, 0.2) is 0 Å². The third kappa shape index (κ3) is 8.08. The first kappa shape index (κ1) is 18.0. The lowest BCUT2D eigenvalue weighted by Gasteiger charge is -2.16. The molecular weight excluding hydrogens is 262 g/mol. The van der Waals surface area contributed by atoms with Gasteiger partial charge in [-0.15, -0.1) is 0 Å². The number of hydrogen-bond acceptors (Lipinski definition) is 3. The van der Waals surface area contributed by atoms with Crippen molar-refractivity contribution in [3.05, 3.63) is 29.8 Å². The highest BCUT2D eigenvalue weighted by Crippen LogP contribution is 2.18. The van der Waals surface area contributed by atoms with E-state index in [1.807, 2.05) is 26.0 Å². The average Bonchev–Trinajstić information content (AvgIpc) is 2.42. The van der Waals surface area contributed by atoms with Crippen molar-refractivity contribution in [3.8, 4) is 5.75 Å². The summed E-state index contributed by atoms with van der Waals surface area (Å²) < 4.78 is 11.3. The van der Waals surface area contributed by atoms with Crippen LogP contribution in [0.25, 0.3) is 0 Å². The lowest BCUT2D eigenvalue weighted by atomic mass is 10.1. The number of hydrogen-bond donors (Lipinski definition) is 1. The minimum atomic E-state index is 0.217. The zero-order valence-electron chi connectivity index (χ0n) is 14.2. The van der Waals surface area contributed by atoms with Crippen LogP contribution in [-0.2, 0) is 4.74 Å². The maximum Gasteiger partial charge on any atom is 0.119 e. The molecule has 0 heterocycles. The lowest BCUT2D eigenvalue weighted by molar-refractivity contribution is 0.123. The van der Waals surface area contributed by atoms with Gasteiger partial charge >= 0.3 is 0 Å². The Kier molecular flexibility index (Phi) is 8.40. The minimum Gasteiger partial charge on any atom is -0.491 e. The molecule has 0 aliphatic heterocycles. The second-order valence-corrected chi connectivity index (χ2v) is 6.21. The predicted octanol–water partition coefficient (Wildman–Crippen LogP) is 4.19. The van der Waals surface area contributed by atoms with Crippen molar-refractivity contribution in [2.24, 2.45) is 5.92 Å². The van der Waals surface area contributed by atoms with Crippen LogP contribution in [-0.4, -0.2) is 25.9 Å². The highest BCUT2D eigenvalue weighted by atomic mass is 16.5. The standard InChI is InChI=1S/C18H31NO2/c1-14(2)10-12-20-13-11-19-16(5)17-6-8-18(9-7-17)21-15(3)4/h6-9,14-16,19H,10-13H2,1-5H3. The molecule has 21 heavy (non-hydrogen) atoms. The predicted molar refractivity (Wildman–Crippen MR) is 88.9 cm³/mol. The highest BCUT2D eigenvalue weighted by molar-refractivity contribution is 5.29. The fourth-order valence-corrected chi connectivity index (χ4v) is 1.99. The molecule has 1 rings (SSSR count). The molecule has 0 amide bonds. The summed E-state index contributed by atoms with van der Waals surface area (Å²) in [6.45, 7) is 13.2. The van der Waals surface area contributed by atoms with E-state index in [2.05, 4.69) is 38.2 Å². The van der Waals surface area contributed by atoms with Gasteiger partial charge in [-0.2, -0.15) is 0 Å². The Bertz CT molecular complexity index is 373. The van der Waals surface area contributed by atoms with Crippen LogP contribution < -0.4 is 10.1 Å². The smallest absolute Gasteiger partial charge is 0.119 e. The Morgan fingerprint density at radius 3 is 2.19 bits per heavy atom. The van der Waals surface area contributed by atoms with Crippen LogP contribution in [0.4, 0.5) is 0 Å². The second kappa shape index (κ2) is 9.80. The second-order valence-electron chi connectivity index (χ2n) is 6.21. The van der Waals surface area contributed by atoms with Crippen LogP contribution in [0.15, 0.2) is 24.3 Å². The van der Waals surface area contributed by atoms with Crippen LogP contribution in [0.2, 0.25) is 0 Å². The minimum absolute atomic E-state index is 0.217. The first-order valence-electron chi connectivity index (χ1n) is 8.06. The SMILES string of the molecule is CC(C)CCOCCNC(C)c1ccc(OC(C)C)cc1. The monoisotopic (exact) mass is 293 g/mol. The summed E-state index contributed by atoms with van der Waals surface area (Å²) in [7, 11) is 0. The number of nitrogens with one attached hydrogen (secondary N) is 1. The Labute approximate surface area is 130 Å². The van der Waals surface area contributed by atoms with E-state index in [0.717, 1.165) is 31.9 Å². The van der Waals surface area contributed by atoms with Crippen LogP contribution >= 0.6 is 0 Å². The van der Waals surface area contributed by atoms with Crippen molar-refractivity contribution in [2.75, 3.05) is 19.8 Å². The summed E-state index contributed by atoms with van der Waals surface area (Å²) in [5.74, 6) is 1.64. The van der Waals surface area contributed by atoms with Gasteiger partial charge in [0.25, 0.3) is 0 Å². The van der Waals surface area contributed by atoms with Crippen LogP contribution in [0.3, 0.4) is 0 Å². The summed E-state index contributed by atoms with van der Waals surface area (Å²) in [4.78, 5) is 0. The molecule has 0 saturated heterocycles. The maximum absolute atomic E-state index is 5.65. The largest absolute Gasteiger partial charge is 0.491 e. The van der Waals surface area contributed by atoms with Crippen molar-refractivity contribution in [2.45, 2.75) is 53.2 Å². The molecule has 1 atom stereocenters. The fourth-order valence-electron chi connectivity index (χ4n) is 1.99.